The summed E-state index contributed by atoms with van der Waals surface area (Å²) in [5, 5.41) is 14.8. The second-order valence-electron chi connectivity index (χ2n) is 7.47. The minimum Gasteiger partial charge on any atom is -0.624 e. The quantitative estimate of drug-likeness (QED) is 0.282. The molecule has 0 bridgehead atoms. The Morgan fingerprint density at radius 2 is 1.57 bits per heavy atom. The first-order valence-corrected chi connectivity index (χ1v) is 10.1. The van der Waals surface area contributed by atoms with E-state index in [1.807, 2.05) is 54.6 Å². The molecule has 3 aromatic rings. The van der Waals surface area contributed by atoms with Crippen molar-refractivity contribution in [2.45, 2.75) is 25.4 Å². The molecule has 0 heterocycles. The number of carbonyl (C=O) groups excluding carboxylic acids is 1. The fraction of sp³-hybridized carbons (Fsp3) is 0.200. The molecule has 1 atom stereocenters. The van der Waals surface area contributed by atoms with E-state index >= 15 is 0 Å². The molecule has 1 amide bonds. The van der Waals surface area contributed by atoms with Gasteiger partial charge in [-0.05, 0) is 29.2 Å². The third-order valence-corrected chi connectivity index (χ3v) is 5.26. The average Bonchev–Trinajstić information content (AvgIpc) is 3.06. The Bertz CT molecular complexity index is 1020. The number of benzene rings is 3. The van der Waals surface area contributed by atoms with E-state index in [0.29, 0.717) is 0 Å². The van der Waals surface area contributed by atoms with Gasteiger partial charge in [0.2, 0.25) is 0 Å². The Morgan fingerprint density at radius 3 is 2.20 bits per heavy atom. The van der Waals surface area contributed by atoms with Gasteiger partial charge in [0.15, 0.2) is 12.8 Å². The Labute approximate surface area is 176 Å². The van der Waals surface area contributed by atoms with Crippen molar-refractivity contribution in [3.05, 3.63) is 101 Å². The number of hydrogen-bond acceptors (Lipinski definition) is 3. The zero-order chi connectivity index (χ0) is 20.9. The molecule has 0 fully saturated rings. The molecular formula is C25H24N2O3. The van der Waals surface area contributed by atoms with Gasteiger partial charge in [-0.25, -0.2) is 9.53 Å². The summed E-state index contributed by atoms with van der Waals surface area (Å²) in [4.78, 5) is 12.3. The van der Waals surface area contributed by atoms with Gasteiger partial charge in [-0.15, -0.1) is 0 Å². The summed E-state index contributed by atoms with van der Waals surface area (Å²) in [5.41, 5.74) is 5.62. The molecule has 0 aliphatic heterocycles. The number of nitrogens with zero attached hydrogens (tertiary/aromatic N) is 1. The molecule has 0 saturated heterocycles. The molecule has 1 aliphatic rings. The van der Waals surface area contributed by atoms with Crippen molar-refractivity contribution in [3.63, 3.8) is 0 Å². The molecule has 5 nitrogen and oxygen atoms in total. The number of nitrogens with one attached hydrogen (secondary N) is 1. The van der Waals surface area contributed by atoms with Crippen LogP contribution >= 0.6 is 0 Å². The Morgan fingerprint density at radius 1 is 1.00 bits per heavy atom. The van der Waals surface area contributed by atoms with E-state index in [1.54, 1.807) is 6.92 Å². The lowest BCUT2D eigenvalue weighted by atomic mass is 9.98. The average molecular weight is 400 g/mol. The maximum Gasteiger partial charge on any atom is 0.407 e. The number of carbonyl (C=O) groups is 1. The largest absolute Gasteiger partial charge is 0.624 e. The van der Waals surface area contributed by atoms with Gasteiger partial charge >= 0.3 is 6.09 Å². The van der Waals surface area contributed by atoms with Gasteiger partial charge < -0.3 is 15.3 Å². The SMILES string of the molecule is C[C@@H](/C=[N+](\[O-])Cc1ccccc1)NC(=O)OCC1c2ccccc2-c2ccccc21. The number of alkyl carbamates (subject to hydrolysis) is 1. The van der Waals surface area contributed by atoms with Gasteiger partial charge in [0.25, 0.3) is 0 Å². The molecule has 152 valence electrons. The van der Waals surface area contributed by atoms with Crippen LogP contribution < -0.4 is 5.32 Å². The molecule has 1 N–H and O–H groups in total. The van der Waals surface area contributed by atoms with Crippen LogP contribution in [0.15, 0.2) is 78.9 Å². The van der Waals surface area contributed by atoms with E-state index in [4.69, 9.17) is 4.74 Å². The lowest BCUT2D eigenvalue weighted by Gasteiger charge is -2.15. The van der Waals surface area contributed by atoms with Gasteiger partial charge in [-0.1, -0.05) is 78.9 Å². The van der Waals surface area contributed by atoms with Crippen molar-refractivity contribution in [2.75, 3.05) is 6.61 Å². The molecular weight excluding hydrogens is 376 g/mol. The van der Waals surface area contributed by atoms with Crippen LogP contribution in [-0.2, 0) is 11.3 Å². The summed E-state index contributed by atoms with van der Waals surface area (Å²) in [6, 6.07) is 25.4. The monoisotopic (exact) mass is 400 g/mol. The van der Waals surface area contributed by atoms with Gasteiger partial charge in [0.05, 0.1) is 0 Å². The highest BCUT2D eigenvalue weighted by molar-refractivity contribution is 5.79. The number of fused-ring (bicyclic) bond motifs is 3. The molecule has 0 spiro atoms. The van der Waals surface area contributed by atoms with Crippen molar-refractivity contribution >= 4 is 12.3 Å². The minimum absolute atomic E-state index is 0.0107. The van der Waals surface area contributed by atoms with Gasteiger partial charge in [0.1, 0.15) is 12.6 Å². The number of ether oxygens (including phenoxy) is 1. The van der Waals surface area contributed by atoms with Crippen molar-refractivity contribution in [2.24, 2.45) is 0 Å². The maximum atomic E-state index is 12.3. The summed E-state index contributed by atoms with van der Waals surface area (Å²) in [7, 11) is 0. The molecule has 1 aliphatic carbocycles. The highest BCUT2D eigenvalue weighted by Crippen LogP contribution is 2.44. The van der Waals surface area contributed by atoms with E-state index in [9.17, 15) is 10.0 Å². The number of hydroxylamine groups is 1. The molecule has 0 aromatic heterocycles. The van der Waals surface area contributed by atoms with E-state index in [1.165, 1.54) is 28.5 Å². The van der Waals surface area contributed by atoms with Gasteiger partial charge in [-0.3, -0.25) is 0 Å². The van der Waals surface area contributed by atoms with Crippen LogP contribution in [0, 0.1) is 5.21 Å². The van der Waals surface area contributed by atoms with Crippen LogP contribution in [0.2, 0.25) is 0 Å². The van der Waals surface area contributed by atoms with Crippen LogP contribution in [0.5, 0.6) is 0 Å². The predicted octanol–water partition coefficient (Wildman–Crippen LogP) is 4.69. The normalized spacial score (nSPS) is 14.0. The van der Waals surface area contributed by atoms with Crippen molar-refractivity contribution in [3.8, 4) is 11.1 Å². The second kappa shape index (κ2) is 8.82. The number of hydrogen-bond donors (Lipinski definition) is 1. The number of amides is 1. The van der Waals surface area contributed by atoms with Crippen LogP contribution in [-0.4, -0.2) is 29.7 Å². The topological polar surface area (TPSA) is 64.4 Å². The Kier molecular flexibility index (Phi) is 5.80. The lowest BCUT2D eigenvalue weighted by molar-refractivity contribution is -0.471. The van der Waals surface area contributed by atoms with Crippen LogP contribution in [0.3, 0.4) is 0 Å². The van der Waals surface area contributed by atoms with Gasteiger partial charge in [-0.2, -0.15) is 0 Å². The second-order valence-corrected chi connectivity index (χ2v) is 7.47. The summed E-state index contributed by atoms with van der Waals surface area (Å²) >= 11 is 0. The highest BCUT2D eigenvalue weighted by atomic mass is 16.5. The summed E-state index contributed by atoms with van der Waals surface area (Å²) in [6.07, 6.45) is 0.905. The van der Waals surface area contributed by atoms with E-state index < -0.39 is 12.1 Å². The Balaban J connectivity index is 1.35. The summed E-state index contributed by atoms with van der Waals surface area (Å²) in [6.45, 7) is 2.23. The fourth-order valence-electron chi connectivity index (χ4n) is 3.93. The standard InChI is InChI=1S/C25H24N2O3/c1-18(15-27(29)16-19-9-3-2-4-10-19)26-25(28)30-17-24-22-13-7-5-11-20(22)21-12-6-8-14-23(21)24/h2-15,18,24H,16-17H2,1H3,(H,26,28)/b27-15-/t18-/m0/s1. The predicted molar refractivity (Wildman–Crippen MR) is 118 cm³/mol. The van der Waals surface area contributed by atoms with E-state index in [0.717, 1.165) is 10.3 Å². The first kappa shape index (κ1) is 19.7. The van der Waals surface area contributed by atoms with Crippen LogP contribution in [0.1, 0.15) is 29.5 Å². The van der Waals surface area contributed by atoms with Gasteiger partial charge in [0, 0.05) is 11.5 Å². The molecule has 0 unspecified atom stereocenters. The van der Waals surface area contributed by atoms with Crippen LogP contribution in [0.4, 0.5) is 4.79 Å². The minimum atomic E-state index is -0.534. The first-order chi connectivity index (χ1) is 14.6. The summed E-state index contributed by atoms with van der Waals surface area (Å²) in [5.74, 6) is 0.0107. The Hall–Kier alpha value is -3.60. The molecule has 0 saturated carbocycles. The molecule has 3 aromatic carbocycles. The van der Waals surface area contributed by atoms with Crippen molar-refractivity contribution in [1.29, 1.82) is 0 Å². The van der Waals surface area contributed by atoms with Crippen LogP contribution in [0.25, 0.3) is 11.1 Å². The zero-order valence-electron chi connectivity index (χ0n) is 16.8. The van der Waals surface area contributed by atoms with Crippen molar-refractivity contribution < 1.29 is 14.3 Å². The summed E-state index contributed by atoms with van der Waals surface area (Å²) < 4.78 is 6.34. The fourth-order valence-corrected chi connectivity index (χ4v) is 3.93. The highest BCUT2D eigenvalue weighted by Gasteiger charge is 2.29. The molecule has 30 heavy (non-hydrogen) atoms. The maximum absolute atomic E-state index is 12.3. The molecule has 4 rings (SSSR count). The third kappa shape index (κ3) is 4.35. The lowest BCUT2D eigenvalue weighted by Crippen LogP contribution is -2.36. The first-order valence-electron chi connectivity index (χ1n) is 10.1. The van der Waals surface area contributed by atoms with Crippen molar-refractivity contribution in [1.82, 2.24) is 5.32 Å². The van der Waals surface area contributed by atoms with E-state index in [-0.39, 0.29) is 19.1 Å². The van der Waals surface area contributed by atoms with E-state index in [2.05, 4.69) is 29.6 Å². The smallest absolute Gasteiger partial charge is 0.407 e. The third-order valence-electron chi connectivity index (χ3n) is 5.26. The molecule has 0 radical (unpaired) electrons. The molecule has 5 heteroatoms. The zero-order valence-corrected chi connectivity index (χ0v) is 16.8. The number of rotatable bonds is 6.